The summed E-state index contributed by atoms with van der Waals surface area (Å²) in [4.78, 5) is 18.2. The van der Waals surface area contributed by atoms with E-state index in [0.29, 0.717) is 0 Å². The average molecular weight is 434 g/mol. The number of likely N-dealkylation sites (N-methyl/N-ethyl adjacent to an activating group) is 1. The van der Waals surface area contributed by atoms with E-state index in [4.69, 9.17) is 20.0 Å². The molecule has 0 heterocycles. The van der Waals surface area contributed by atoms with Gasteiger partial charge in [0.15, 0.2) is 0 Å². The maximum Gasteiger partial charge on any atom is 0.389 e. The summed E-state index contributed by atoms with van der Waals surface area (Å²) in [6.45, 7) is 8.05. The van der Waals surface area contributed by atoms with Crippen molar-refractivity contribution in [2.45, 2.75) is 52.7 Å². The predicted molar refractivity (Wildman–Crippen MR) is 117 cm³/mol. The Balaban J connectivity index is 2.24. The SMILES string of the molecule is CCOC(OCC)(ON(C)C(=O)Cc1ccc2c(CC)c(N)c(CC)c-2cc1)P=O. The van der Waals surface area contributed by atoms with Crippen LogP contribution in [0.4, 0.5) is 5.69 Å². The summed E-state index contributed by atoms with van der Waals surface area (Å²) < 4.78 is 22.3. The third kappa shape index (κ3) is 5.16. The highest BCUT2D eigenvalue weighted by atomic mass is 31.1. The molecule has 0 aromatic rings. The first-order valence-corrected chi connectivity index (χ1v) is 11.1. The molecule has 2 N–H and O–H groups in total. The Bertz CT molecular complexity index is 810. The minimum absolute atomic E-state index is 0.107. The standard InChI is InChI=1S/C22H31N2O5P/c1-6-16-18-12-10-15(11-13-19(18)17(7-2)21(16)23)14-20(25)24(5)29-22(30-26,27-8-3)28-9-4/h10-13H,6-9,14,23H2,1-5H3. The van der Waals surface area contributed by atoms with Crippen LogP contribution in [0, 0.1) is 0 Å². The molecule has 0 atom stereocenters. The molecule has 0 aromatic heterocycles. The molecule has 2 aliphatic carbocycles. The van der Waals surface area contributed by atoms with Gasteiger partial charge in [-0.25, -0.2) is 5.06 Å². The van der Waals surface area contributed by atoms with E-state index < -0.39 is 14.2 Å². The predicted octanol–water partition coefficient (Wildman–Crippen LogP) is 4.41. The third-order valence-corrected chi connectivity index (χ3v) is 5.51. The van der Waals surface area contributed by atoms with Crippen molar-refractivity contribution < 1.29 is 23.7 Å². The normalized spacial score (nSPS) is 11.9. The molecule has 0 saturated carbocycles. The van der Waals surface area contributed by atoms with Gasteiger partial charge in [0.2, 0.25) is 5.91 Å². The van der Waals surface area contributed by atoms with Crippen LogP contribution >= 0.6 is 8.46 Å². The van der Waals surface area contributed by atoms with Gasteiger partial charge < -0.3 is 15.2 Å². The lowest BCUT2D eigenvalue weighted by molar-refractivity contribution is -0.383. The number of carbonyl (C=O) groups excluding carboxylic acids is 1. The molecule has 0 bridgehead atoms. The summed E-state index contributed by atoms with van der Waals surface area (Å²) >= 11 is 0. The van der Waals surface area contributed by atoms with E-state index in [-0.39, 0.29) is 25.5 Å². The molecule has 0 fully saturated rings. The zero-order chi connectivity index (χ0) is 22.3. The second-order valence-corrected chi connectivity index (χ2v) is 7.52. The summed E-state index contributed by atoms with van der Waals surface area (Å²) in [5, 5.41) is 1.01. The van der Waals surface area contributed by atoms with Gasteiger partial charge in [0.1, 0.15) is 0 Å². The Labute approximate surface area is 180 Å². The van der Waals surface area contributed by atoms with Crippen molar-refractivity contribution in [2.24, 2.45) is 0 Å². The molecule has 0 unspecified atom stereocenters. The van der Waals surface area contributed by atoms with Crippen molar-refractivity contribution >= 4 is 20.1 Å². The van der Waals surface area contributed by atoms with Crippen LogP contribution < -0.4 is 5.73 Å². The fourth-order valence-corrected chi connectivity index (χ4v) is 4.05. The number of anilines is 1. The van der Waals surface area contributed by atoms with E-state index >= 15 is 0 Å². The number of hydrogen-bond acceptors (Lipinski definition) is 6. The van der Waals surface area contributed by atoms with Crippen LogP contribution in [0.2, 0.25) is 0 Å². The lowest BCUT2D eigenvalue weighted by atomic mass is 10.1. The molecule has 0 radical (unpaired) electrons. The lowest BCUT2D eigenvalue weighted by Gasteiger charge is -2.29. The van der Waals surface area contributed by atoms with Gasteiger partial charge in [0.05, 0.1) is 19.6 Å². The van der Waals surface area contributed by atoms with Crippen LogP contribution in [0.15, 0.2) is 24.3 Å². The van der Waals surface area contributed by atoms with Gasteiger partial charge in [-0.3, -0.25) is 9.36 Å². The molecule has 0 aliphatic heterocycles. The Hall–Kier alpha value is -2.05. The van der Waals surface area contributed by atoms with Crippen molar-refractivity contribution in [1.29, 1.82) is 0 Å². The first-order valence-electron chi connectivity index (χ1n) is 10.3. The second-order valence-electron chi connectivity index (χ2n) is 6.79. The number of nitrogen functional groups attached to an aromatic ring is 1. The molecule has 1 amide bonds. The highest BCUT2D eigenvalue weighted by molar-refractivity contribution is 7.25. The smallest absolute Gasteiger partial charge is 0.389 e. The number of carbonyl (C=O) groups is 1. The second kappa shape index (κ2) is 10.8. The maximum absolute atomic E-state index is 12.7. The van der Waals surface area contributed by atoms with E-state index in [1.165, 1.54) is 7.05 Å². The first kappa shape index (κ1) is 24.2. The Morgan fingerprint density at radius 3 is 1.90 bits per heavy atom. The Morgan fingerprint density at radius 1 is 1.00 bits per heavy atom. The van der Waals surface area contributed by atoms with Crippen molar-refractivity contribution in [3.63, 3.8) is 0 Å². The third-order valence-electron chi connectivity index (χ3n) is 4.95. The Kier molecular flexibility index (Phi) is 8.74. The molecule has 30 heavy (non-hydrogen) atoms. The first-order chi connectivity index (χ1) is 14.4. The van der Waals surface area contributed by atoms with Gasteiger partial charge in [-0.15, -0.1) is 0 Å². The zero-order valence-electron chi connectivity index (χ0n) is 18.4. The molecular weight excluding hydrogens is 403 g/mol. The van der Waals surface area contributed by atoms with E-state index in [9.17, 15) is 9.36 Å². The highest BCUT2D eigenvalue weighted by Gasteiger charge is 2.38. The number of fused-ring (bicyclic) bond motifs is 1. The van der Waals surface area contributed by atoms with Gasteiger partial charge in [0, 0.05) is 12.7 Å². The monoisotopic (exact) mass is 434 g/mol. The molecule has 164 valence electrons. The molecule has 2 rings (SSSR count). The molecule has 8 heteroatoms. The zero-order valence-corrected chi connectivity index (χ0v) is 19.3. The van der Waals surface area contributed by atoms with Crippen molar-refractivity contribution in [3.8, 4) is 11.1 Å². The van der Waals surface area contributed by atoms with Gasteiger partial charge in [-0.1, -0.05) is 38.1 Å². The topological polar surface area (TPSA) is 91.1 Å². The van der Waals surface area contributed by atoms with E-state index in [0.717, 1.165) is 51.4 Å². The van der Waals surface area contributed by atoms with Crippen LogP contribution in [0.5, 0.6) is 0 Å². The number of amides is 1. The summed E-state index contributed by atoms with van der Waals surface area (Å²) in [5.41, 5.74) is 10.7. The van der Waals surface area contributed by atoms with Gasteiger partial charge in [0.25, 0.3) is 8.46 Å². The quantitative estimate of drug-likeness (QED) is 0.320. The minimum Gasteiger partial charge on any atom is -0.398 e. The summed E-state index contributed by atoms with van der Waals surface area (Å²) in [6, 6.07) is 7.90. The van der Waals surface area contributed by atoms with E-state index in [1.54, 1.807) is 13.8 Å². The van der Waals surface area contributed by atoms with Crippen LogP contribution in [0.3, 0.4) is 0 Å². The summed E-state index contributed by atoms with van der Waals surface area (Å²) in [5.74, 6) is -0.320. The van der Waals surface area contributed by atoms with Crippen molar-refractivity contribution in [3.05, 3.63) is 41.0 Å². The van der Waals surface area contributed by atoms with E-state index in [2.05, 4.69) is 13.8 Å². The highest BCUT2D eigenvalue weighted by Crippen LogP contribution is 2.39. The number of hydroxylamine groups is 2. The molecule has 7 nitrogen and oxygen atoms in total. The van der Waals surface area contributed by atoms with Gasteiger partial charge in [-0.05, 0) is 54.5 Å². The maximum atomic E-state index is 12.7. The number of nitrogens with zero attached hydrogens (tertiary/aromatic N) is 1. The fraction of sp³-hybridized carbons (Fsp3) is 0.500. The van der Waals surface area contributed by atoms with Crippen LogP contribution in [-0.4, -0.2) is 36.9 Å². The molecule has 0 aromatic carbocycles. The minimum atomic E-state index is -1.83. The molecule has 0 saturated heterocycles. The van der Waals surface area contributed by atoms with E-state index in [1.807, 2.05) is 24.3 Å². The largest absolute Gasteiger partial charge is 0.398 e. The molecule has 0 spiro atoms. The number of rotatable bonds is 11. The van der Waals surface area contributed by atoms with Crippen molar-refractivity contribution in [1.82, 2.24) is 5.06 Å². The number of ether oxygens (including phenoxy) is 2. The molecule has 2 aliphatic rings. The average Bonchev–Trinajstić information content (AvgIpc) is 2.84. The lowest BCUT2D eigenvalue weighted by Crippen LogP contribution is -2.42. The van der Waals surface area contributed by atoms with Crippen LogP contribution in [-0.2, 0) is 42.9 Å². The van der Waals surface area contributed by atoms with Crippen LogP contribution in [0.25, 0.3) is 11.1 Å². The number of hydrogen-bond donors (Lipinski definition) is 1. The van der Waals surface area contributed by atoms with Gasteiger partial charge in [-0.2, -0.15) is 4.84 Å². The number of nitrogens with two attached hydrogens (primary N) is 1. The Morgan fingerprint density at radius 2 is 1.50 bits per heavy atom. The van der Waals surface area contributed by atoms with Gasteiger partial charge >= 0.3 is 5.71 Å². The van der Waals surface area contributed by atoms with Crippen molar-refractivity contribution in [2.75, 3.05) is 26.0 Å². The fourth-order valence-electron chi connectivity index (χ4n) is 3.53. The summed E-state index contributed by atoms with van der Waals surface area (Å²) in [7, 11) is 0.925. The van der Waals surface area contributed by atoms with Crippen LogP contribution in [0.1, 0.15) is 44.4 Å². The summed E-state index contributed by atoms with van der Waals surface area (Å²) in [6.07, 6.45) is 1.81. The molecular formula is C22H31N2O5P.